The van der Waals surface area contributed by atoms with E-state index in [1.54, 1.807) is 0 Å². The number of hydrogen-bond acceptors (Lipinski definition) is 5. The summed E-state index contributed by atoms with van der Waals surface area (Å²) in [5.74, 6) is 5.26. The lowest BCUT2D eigenvalue weighted by Gasteiger charge is -2.14. The highest BCUT2D eigenvalue weighted by Crippen LogP contribution is 2.09. The maximum atomic E-state index is 5.72. The molecule has 1 heterocycles. The van der Waals surface area contributed by atoms with Gasteiger partial charge in [-0.15, -0.1) is 0 Å². The van der Waals surface area contributed by atoms with Gasteiger partial charge in [-0.05, 0) is 20.5 Å². The third kappa shape index (κ3) is 4.34. The molecule has 1 aliphatic heterocycles. The summed E-state index contributed by atoms with van der Waals surface area (Å²) in [7, 11) is 4.11. The van der Waals surface area contributed by atoms with Crippen LogP contribution in [0.25, 0.3) is 0 Å². The number of rotatable bonds is 6. The van der Waals surface area contributed by atoms with Crippen molar-refractivity contribution in [1.29, 1.82) is 0 Å². The normalized spacial score (nSPS) is 27.4. The van der Waals surface area contributed by atoms with Crippen LogP contribution in [0.4, 0.5) is 0 Å². The fourth-order valence-electron chi connectivity index (χ4n) is 1.61. The van der Waals surface area contributed by atoms with Gasteiger partial charge in [-0.2, -0.15) is 0 Å². The second kappa shape index (κ2) is 6.31. The quantitative estimate of drug-likeness (QED) is 0.371. The summed E-state index contributed by atoms with van der Waals surface area (Å²) in [6.07, 6.45) is 1.41. The van der Waals surface area contributed by atoms with Crippen LogP contribution >= 0.6 is 0 Å². The van der Waals surface area contributed by atoms with Crippen LogP contribution in [-0.2, 0) is 4.74 Å². The maximum Gasteiger partial charge on any atom is 0.0715 e. The molecule has 1 rings (SSSR count). The highest BCUT2D eigenvalue weighted by molar-refractivity contribution is 4.83. The summed E-state index contributed by atoms with van der Waals surface area (Å²) in [5.41, 5.74) is 2.68. The molecular formula is C9H22N4O. The number of nitrogens with two attached hydrogens (primary N) is 1. The number of nitrogens with zero attached hydrogens (tertiary/aromatic N) is 1. The lowest BCUT2D eigenvalue weighted by atomic mass is 10.2. The Morgan fingerprint density at radius 2 is 2.36 bits per heavy atom. The molecule has 84 valence electrons. The van der Waals surface area contributed by atoms with Gasteiger partial charge >= 0.3 is 0 Å². The van der Waals surface area contributed by atoms with Gasteiger partial charge in [-0.3, -0.25) is 11.3 Å². The average Bonchev–Trinajstić information content (AvgIpc) is 2.53. The van der Waals surface area contributed by atoms with Crippen LogP contribution < -0.4 is 16.6 Å². The smallest absolute Gasteiger partial charge is 0.0715 e. The first-order valence-corrected chi connectivity index (χ1v) is 5.15. The molecule has 0 bridgehead atoms. The van der Waals surface area contributed by atoms with Crippen molar-refractivity contribution in [2.24, 2.45) is 5.84 Å². The van der Waals surface area contributed by atoms with E-state index < -0.39 is 0 Å². The van der Waals surface area contributed by atoms with Gasteiger partial charge in [0.1, 0.15) is 0 Å². The predicted octanol–water partition coefficient (Wildman–Crippen LogP) is -1.24. The molecule has 0 aromatic heterocycles. The minimum atomic E-state index is 0.355. The zero-order valence-electron chi connectivity index (χ0n) is 9.12. The first-order chi connectivity index (χ1) is 6.72. The number of hydrogen-bond donors (Lipinski definition) is 3. The molecule has 0 spiro atoms. The van der Waals surface area contributed by atoms with E-state index in [1.165, 1.54) is 0 Å². The Hall–Kier alpha value is -0.200. The summed E-state index contributed by atoms with van der Waals surface area (Å²) >= 11 is 0. The third-order valence-electron chi connectivity index (χ3n) is 2.44. The molecule has 2 atom stereocenters. The SMILES string of the molecule is CN(C)CCOC1CN[C@H](CNN)C1. The van der Waals surface area contributed by atoms with E-state index in [-0.39, 0.29) is 0 Å². The molecule has 1 unspecified atom stereocenters. The van der Waals surface area contributed by atoms with E-state index in [0.717, 1.165) is 32.7 Å². The Bertz CT molecular complexity index is 154. The van der Waals surface area contributed by atoms with Crippen LogP contribution in [0.2, 0.25) is 0 Å². The minimum absolute atomic E-state index is 0.355. The molecule has 5 nitrogen and oxygen atoms in total. The zero-order chi connectivity index (χ0) is 10.4. The third-order valence-corrected chi connectivity index (χ3v) is 2.44. The molecule has 0 saturated carbocycles. The minimum Gasteiger partial charge on any atom is -0.376 e. The van der Waals surface area contributed by atoms with Gasteiger partial charge < -0.3 is 15.0 Å². The Morgan fingerprint density at radius 1 is 1.57 bits per heavy atom. The fraction of sp³-hybridized carbons (Fsp3) is 1.00. The molecule has 14 heavy (non-hydrogen) atoms. The highest BCUT2D eigenvalue weighted by Gasteiger charge is 2.23. The number of hydrazine groups is 1. The van der Waals surface area contributed by atoms with E-state index in [0.29, 0.717) is 12.1 Å². The van der Waals surface area contributed by atoms with E-state index in [4.69, 9.17) is 10.6 Å². The van der Waals surface area contributed by atoms with Gasteiger partial charge in [0.05, 0.1) is 12.7 Å². The Labute approximate surface area is 85.9 Å². The molecule has 0 aromatic rings. The maximum absolute atomic E-state index is 5.72. The Balaban J connectivity index is 2.04. The lowest BCUT2D eigenvalue weighted by Crippen LogP contribution is -2.37. The van der Waals surface area contributed by atoms with Crippen molar-refractivity contribution in [3.63, 3.8) is 0 Å². The molecule has 4 N–H and O–H groups in total. The van der Waals surface area contributed by atoms with Gasteiger partial charge in [0, 0.05) is 25.7 Å². The summed E-state index contributed by atoms with van der Waals surface area (Å²) in [5, 5.41) is 3.36. The van der Waals surface area contributed by atoms with Crippen molar-refractivity contribution < 1.29 is 4.74 Å². The van der Waals surface area contributed by atoms with Crippen molar-refractivity contribution in [3.8, 4) is 0 Å². The van der Waals surface area contributed by atoms with E-state index >= 15 is 0 Å². The summed E-state index contributed by atoms with van der Waals surface area (Å²) in [6, 6.07) is 0.462. The predicted molar refractivity (Wildman–Crippen MR) is 56.9 cm³/mol. The molecule has 0 aliphatic carbocycles. The van der Waals surface area contributed by atoms with Gasteiger partial charge in [0.2, 0.25) is 0 Å². The number of likely N-dealkylation sites (N-methyl/N-ethyl adjacent to an activating group) is 1. The van der Waals surface area contributed by atoms with Crippen molar-refractivity contribution in [1.82, 2.24) is 15.6 Å². The second-order valence-electron chi connectivity index (χ2n) is 4.05. The molecular weight excluding hydrogens is 180 g/mol. The van der Waals surface area contributed by atoms with Crippen molar-refractivity contribution in [3.05, 3.63) is 0 Å². The Morgan fingerprint density at radius 3 is 3.00 bits per heavy atom. The lowest BCUT2D eigenvalue weighted by molar-refractivity contribution is 0.0555. The average molecular weight is 202 g/mol. The van der Waals surface area contributed by atoms with Gasteiger partial charge in [-0.25, -0.2) is 0 Å². The van der Waals surface area contributed by atoms with Crippen LogP contribution in [0.1, 0.15) is 6.42 Å². The van der Waals surface area contributed by atoms with Crippen LogP contribution in [0.3, 0.4) is 0 Å². The van der Waals surface area contributed by atoms with Crippen molar-refractivity contribution >= 4 is 0 Å². The van der Waals surface area contributed by atoms with Crippen LogP contribution in [0, 0.1) is 0 Å². The van der Waals surface area contributed by atoms with E-state index in [2.05, 4.69) is 29.7 Å². The summed E-state index contributed by atoms with van der Waals surface area (Å²) in [6.45, 7) is 3.55. The molecule has 1 aliphatic rings. The largest absolute Gasteiger partial charge is 0.376 e. The number of ether oxygens (including phenoxy) is 1. The number of nitrogens with one attached hydrogen (secondary N) is 2. The first-order valence-electron chi connectivity index (χ1n) is 5.15. The second-order valence-corrected chi connectivity index (χ2v) is 4.05. The monoisotopic (exact) mass is 202 g/mol. The Kier molecular flexibility index (Phi) is 5.36. The summed E-state index contributed by atoms with van der Waals surface area (Å²) in [4.78, 5) is 2.13. The van der Waals surface area contributed by atoms with Crippen molar-refractivity contribution in [2.75, 3.05) is 40.3 Å². The van der Waals surface area contributed by atoms with Gasteiger partial charge in [0.15, 0.2) is 0 Å². The van der Waals surface area contributed by atoms with Gasteiger partial charge in [0.25, 0.3) is 0 Å². The van der Waals surface area contributed by atoms with Crippen LogP contribution in [0.15, 0.2) is 0 Å². The first kappa shape index (κ1) is 11.9. The standard InChI is InChI=1S/C9H22N4O/c1-13(2)3-4-14-9-5-8(6-12-10)11-7-9/h8-9,11-12H,3-7,10H2,1-2H3/t8-,9?/m0/s1. The highest BCUT2D eigenvalue weighted by atomic mass is 16.5. The topological polar surface area (TPSA) is 62.5 Å². The molecule has 0 aromatic carbocycles. The van der Waals surface area contributed by atoms with E-state index in [1.807, 2.05) is 0 Å². The summed E-state index contributed by atoms with van der Waals surface area (Å²) < 4.78 is 5.72. The molecule has 5 heteroatoms. The molecule has 1 fully saturated rings. The van der Waals surface area contributed by atoms with Crippen molar-refractivity contribution in [2.45, 2.75) is 18.6 Å². The molecule has 0 radical (unpaired) electrons. The van der Waals surface area contributed by atoms with E-state index in [9.17, 15) is 0 Å². The van der Waals surface area contributed by atoms with Crippen LogP contribution in [-0.4, -0.2) is 57.4 Å². The molecule has 0 amide bonds. The fourth-order valence-corrected chi connectivity index (χ4v) is 1.61. The molecule has 1 saturated heterocycles. The van der Waals surface area contributed by atoms with Gasteiger partial charge in [-0.1, -0.05) is 0 Å². The zero-order valence-corrected chi connectivity index (χ0v) is 9.12. The van der Waals surface area contributed by atoms with Crippen LogP contribution in [0.5, 0.6) is 0 Å².